The van der Waals surface area contributed by atoms with Crippen molar-refractivity contribution in [3.8, 4) is 11.1 Å². The Morgan fingerprint density at radius 2 is 1.57 bits per heavy atom. The molecule has 110 valence electrons. The van der Waals surface area contributed by atoms with Crippen LogP contribution >= 0.6 is 0 Å². The fraction of sp³-hybridized carbons (Fsp3) is 0.133. The van der Waals surface area contributed by atoms with Gasteiger partial charge >= 0.3 is 6.18 Å². The average molecular weight is 296 g/mol. The van der Waals surface area contributed by atoms with Gasteiger partial charge in [0.2, 0.25) is 12.1 Å². The highest BCUT2D eigenvalue weighted by Gasteiger charge is 2.38. The molecule has 0 atom stereocenters. The molecule has 0 fully saturated rings. The number of aliphatic hydroxyl groups excluding tert-OH is 1. The van der Waals surface area contributed by atoms with Crippen molar-refractivity contribution in [1.82, 2.24) is 0 Å². The number of carbonyl (C=O) groups is 1. The first-order valence-electron chi connectivity index (χ1n) is 5.98. The van der Waals surface area contributed by atoms with E-state index >= 15 is 0 Å². The molecule has 3 nitrogen and oxygen atoms in total. The number of benzene rings is 2. The monoisotopic (exact) mass is 296 g/mol. The van der Waals surface area contributed by atoms with Crippen LogP contribution in [0.5, 0.6) is 0 Å². The summed E-state index contributed by atoms with van der Waals surface area (Å²) in [6, 6.07) is 11.2. The van der Waals surface area contributed by atoms with Gasteiger partial charge in [-0.25, -0.2) is 0 Å². The first-order chi connectivity index (χ1) is 9.82. The molecule has 0 aliphatic rings. The number of rotatable bonds is 3. The van der Waals surface area contributed by atoms with Crippen LogP contribution in [0.3, 0.4) is 0 Å². The van der Waals surface area contributed by atoms with E-state index in [-0.39, 0.29) is 11.1 Å². The smallest absolute Gasteiger partial charge is 0.362 e. The highest BCUT2D eigenvalue weighted by atomic mass is 19.4. The predicted molar refractivity (Wildman–Crippen MR) is 69.4 cm³/mol. The Bertz CT molecular complexity index is 649. The molecule has 6 heteroatoms. The molecular weight excluding hydrogens is 285 g/mol. The molecule has 0 heterocycles. The number of aliphatic hydroxyl groups is 2. The van der Waals surface area contributed by atoms with Crippen molar-refractivity contribution in [2.75, 3.05) is 0 Å². The van der Waals surface area contributed by atoms with Crippen molar-refractivity contribution in [2.45, 2.75) is 12.5 Å². The van der Waals surface area contributed by atoms with Crippen LogP contribution in [0, 0.1) is 0 Å². The zero-order valence-electron chi connectivity index (χ0n) is 10.6. The number of alkyl halides is 3. The van der Waals surface area contributed by atoms with Crippen LogP contribution in [-0.2, 0) is 6.18 Å². The second-order valence-corrected chi connectivity index (χ2v) is 4.33. The molecule has 0 saturated heterocycles. The third kappa shape index (κ3) is 3.12. The molecule has 2 aromatic rings. The minimum absolute atomic E-state index is 0.186. The molecule has 2 rings (SSSR count). The molecule has 0 aliphatic carbocycles. The van der Waals surface area contributed by atoms with Crippen molar-refractivity contribution in [3.63, 3.8) is 0 Å². The Morgan fingerprint density at radius 1 is 0.952 bits per heavy atom. The maximum Gasteiger partial charge on any atom is 0.417 e. The molecule has 0 amide bonds. The van der Waals surface area contributed by atoms with Crippen molar-refractivity contribution < 1.29 is 28.2 Å². The van der Waals surface area contributed by atoms with Crippen LogP contribution in [0.25, 0.3) is 11.1 Å². The van der Waals surface area contributed by atoms with Gasteiger partial charge in [-0.1, -0.05) is 48.5 Å². The quantitative estimate of drug-likeness (QED) is 0.676. The fourth-order valence-electron chi connectivity index (χ4n) is 2.06. The van der Waals surface area contributed by atoms with Gasteiger partial charge in [-0.2, -0.15) is 13.2 Å². The Kier molecular flexibility index (Phi) is 4.11. The van der Waals surface area contributed by atoms with Crippen molar-refractivity contribution in [2.24, 2.45) is 0 Å². The van der Waals surface area contributed by atoms with E-state index in [0.29, 0.717) is 0 Å². The van der Waals surface area contributed by atoms with Gasteiger partial charge < -0.3 is 10.2 Å². The van der Waals surface area contributed by atoms with Crippen LogP contribution < -0.4 is 0 Å². The molecule has 2 aromatic carbocycles. The van der Waals surface area contributed by atoms with Gasteiger partial charge in [0, 0.05) is 5.56 Å². The van der Waals surface area contributed by atoms with Crippen LogP contribution in [-0.4, -0.2) is 22.3 Å². The maximum absolute atomic E-state index is 13.3. The summed E-state index contributed by atoms with van der Waals surface area (Å²) in [6.45, 7) is 0. The van der Waals surface area contributed by atoms with E-state index in [4.69, 9.17) is 10.2 Å². The summed E-state index contributed by atoms with van der Waals surface area (Å²) in [7, 11) is 0. The number of carbonyl (C=O) groups excluding carboxylic acids is 1. The molecule has 0 bridgehead atoms. The lowest BCUT2D eigenvalue weighted by molar-refractivity contribution is -0.137. The van der Waals surface area contributed by atoms with Crippen LogP contribution in [0.2, 0.25) is 0 Å². The van der Waals surface area contributed by atoms with E-state index in [9.17, 15) is 18.0 Å². The lowest BCUT2D eigenvalue weighted by Gasteiger charge is -2.17. The van der Waals surface area contributed by atoms with Crippen LogP contribution in [0.1, 0.15) is 15.9 Å². The molecule has 2 N–H and O–H groups in total. The Morgan fingerprint density at radius 3 is 2.10 bits per heavy atom. The number of ketones is 1. The molecule has 0 aliphatic heterocycles. The standard InChI is InChI=1S/C15H11F3O3/c16-15(17,18)12-10(9-5-2-1-3-6-9)7-4-8-11(12)13(19)14(20)21/h1-8,14,20-21H. The van der Waals surface area contributed by atoms with Gasteiger partial charge in [-0.3, -0.25) is 4.79 Å². The summed E-state index contributed by atoms with van der Waals surface area (Å²) < 4.78 is 39.9. The van der Waals surface area contributed by atoms with Crippen molar-refractivity contribution in [3.05, 3.63) is 59.7 Å². The third-order valence-electron chi connectivity index (χ3n) is 2.93. The van der Waals surface area contributed by atoms with Gasteiger partial charge in [-0.15, -0.1) is 0 Å². The predicted octanol–water partition coefficient (Wildman–Crippen LogP) is 2.87. The van der Waals surface area contributed by atoms with Gasteiger partial charge in [0.1, 0.15) is 0 Å². The van der Waals surface area contributed by atoms with Crippen LogP contribution in [0.4, 0.5) is 13.2 Å². The van der Waals surface area contributed by atoms with Crippen LogP contribution in [0.15, 0.2) is 48.5 Å². The summed E-state index contributed by atoms with van der Waals surface area (Å²) in [5.41, 5.74) is -1.84. The van der Waals surface area contributed by atoms with Crippen molar-refractivity contribution in [1.29, 1.82) is 0 Å². The molecule has 0 radical (unpaired) electrons. The van der Waals surface area contributed by atoms with E-state index < -0.39 is 29.4 Å². The number of hydrogen-bond acceptors (Lipinski definition) is 3. The minimum atomic E-state index is -4.80. The van der Waals surface area contributed by atoms with E-state index in [1.54, 1.807) is 18.2 Å². The summed E-state index contributed by atoms with van der Waals surface area (Å²) in [4.78, 5) is 11.6. The first kappa shape index (κ1) is 15.2. The Hall–Kier alpha value is -2.18. The molecular formula is C15H11F3O3. The zero-order chi connectivity index (χ0) is 15.6. The topological polar surface area (TPSA) is 57.5 Å². The maximum atomic E-state index is 13.3. The zero-order valence-corrected chi connectivity index (χ0v) is 10.6. The molecule has 0 spiro atoms. The van der Waals surface area contributed by atoms with E-state index in [1.807, 2.05) is 0 Å². The molecule has 0 saturated carbocycles. The van der Waals surface area contributed by atoms with E-state index in [2.05, 4.69) is 0 Å². The fourth-order valence-corrected chi connectivity index (χ4v) is 2.06. The lowest BCUT2D eigenvalue weighted by Crippen LogP contribution is -2.24. The van der Waals surface area contributed by atoms with Gasteiger partial charge in [-0.05, 0) is 11.1 Å². The molecule has 21 heavy (non-hydrogen) atoms. The van der Waals surface area contributed by atoms with E-state index in [1.165, 1.54) is 24.3 Å². The van der Waals surface area contributed by atoms with Gasteiger partial charge in [0.15, 0.2) is 0 Å². The second-order valence-electron chi connectivity index (χ2n) is 4.33. The molecule has 0 aromatic heterocycles. The highest BCUT2D eigenvalue weighted by Crippen LogP contribution is 2.39. The summed E-state index contributed by atoms with van der Waals surface area (Å²) >= 11 is 0. The largest absolute Gasteiger partial charge is 0.417 e. The van der Waals surface area contributed by atoms with Crippen molar-refractivity contribution >= 4 is 5.78 Å². The van der Waals surface area contributed by atoms with Gasteiger partial charge in [0.25, 0.3) is 0 Å². The Labute approximate surface area is 118 Å². The number of Topliss-reactive ketones (excluding diaryl/α,β-unsaturated/α-hetero) is 1. The Balaban J connectivity index is 2.73. The summed E-state index contributed by atoms with van der Waals surface area (Å²) in [6.07, 6.45) is -7.29. The summed E-state index contributed by atoms with van der Waals surface area (Å²) in [5.74, 6) is -1.39. The normalized spacial score (nSPS) is 11.7. The summed E-state index contributed by atoms with van der Waals surface area (Å²) in [5, 5.41) is 17.7. The minimum Gasteiger partial charge on any atom is -0.362 e. The van der Waals surface area contributed by atoms with E-state index in [0.717, 1.165) is 6.07 Å². The first-order valence-corrected chi connectivity index (χ1v) is 5.98. The molecule has 0 unspecified atom stereocenters. The second kappa shape index (κ2) is 5.67. The highest BCUT2D eigenvalue weighted by molar-refractivity contribution is 6.01. The lowest BCUT2D eigenvalue weighted by atomic mass is 9.93. The number of halogens is 3. The third-order valence-corrected chi connectivity index (χ3v) is 2.93. The van der Waals surface area contributed by atoms with Gasteiger partial charge in [0.05, 0.1) is 5.56 Å². The average Bonchev–Trinajstić information content (AvgIpc) is 2.45. The SMILES string of the molecule is O=C(c1cccc(-c2ccccc2)c1C(F)(F)F)C(O)O. The number of hydrogen-bond donors (Lipinski definition) is 2.